The number of hydrogen-bond acceptors (Lipinski definition) is 2. The molecule has 100 valence electrons. The lowest BCUT2D eigenvalue weighted by molar-refractivity contribution is 0.329. The molecule has 1 aliphatic carbocycles. The zero-order valence-electron chi connectivity index (χ0n) is 11.7. The van der Waals surface area contributed by atoms with Gasteiger partial charge in [-0.15, -0.1) is 0 Å². The van der Waals surface area contributed by atoms with Gasteiger partial charge in [-0.1, -0.05) is 55.0 Å². The molecular weight excluding hydrogens is 220 g/mol. The van der Waals surface area contributed by atoms with E-state index in [1.165, 1.54) is 55.2 Å². The number of nitrogens with two attached hydrogens (primary N) is 1. The van der Waals surface area contributed by atoms with Crippen molar-refractivity contribution in [2.75, 3.05) is 0 Å². The molecule has 18 heavy (non-hydrogen) atoms. The second kappa shape index (κ2) is 6.35. The average Bonchev–Trinajstić information content (AvgIpc) is 2.58. The number of rotatable bonds is 3. The largest absolute Gasteiger partial charge is 0.271 e. The van der Waals surface area contributed by atoms with Crippen LogP contribution < -0.4 is 11.3 Å². The minimum absolute atomic E-state index is 0.321. The van der Waals surface area contributed by atoms with Gasteiger partial charge in [-0.3, -0.25) is 11.3 Å². The maximum atomic E-state index is 5.84. The Morgan fingerprint density at radius 1 is 1.00 bits per heavy atom. The Kier molecular flexibility index (Phi) is 4.79. The van der Waals surface area contributed by atoms with E-state index in [0.29, 0.717) is 12.0 Å². The van der Waals surface area contributed by atoms with Crippen LogP contribution in [-0.2, 0) is 0 Å². The fourth-order valence-corrected chi connectivity index (χ4v) is 3.34. The lowest BCUT2D eigenvalue weighted by atomic mass is 9.86. The molecule has 0 radical (unpaired) electrons. The van der Waals surface area contributed by atoms with Crippen LogP contribution >= 0.6 is 0 Å². The number of benzene rings is 1. The molecule has 2 heteroatoms. The van der Waals surface area contributed by atoms with E-state index in [0.717, 1.165) is 0 Å². The van der Waals surface area contributed by atoms with Crippen LogP contribution in [0.4, 0.5) is 0 Å². The second-order valence-electron chi connectivity index (χ2n) is 5.82. The molecule has 1 saturated carbocycles. The fraction of sp³-hybridized carbons (Fsp3) is 0.625. The van der Waals surface area contributed by atoms with E-state index in [9.17, 15) is 0 Å². The highest BCUT2D eigenvalue weighted by atomic mass is 15.2. The molecule has 0 saturated heterocycles. The Morgan fingerprint density at radius 3 is 2.06 bits per heavy atom. The van der Waals surface area contributed by atoms with Crippen molar-refractivity contribution < 1.29 is 0 Å². The average molecular weight is 246 g/mol. The third-order valence-corrected chi connectivity index (χ3v) is 4.15. The molecule has 0 amide bonds. The molecule has 0 heterocycles. The Labute approximate surface area is 111 Å². The molecule has 0 aliphatic heterocycles. The van der Waals surface area contributed by atoms with Crippen LogP contribution in [0.3, 0.4) is 0 Å². The predicted octanol–water partition coefficient (Wildman–Crippen LogP) is 3.78. The van der Waals surface area contributed by atoms with Crippen LogP contribution in [-0.4, -0.2) is 0 Å². The first-order valence-electron chi connectivity index (χ1n) is 7.25. The zero-order valence-corrected chi connectivity index (χ0v) is 11.7. The highest BCUT2D eigenvalue weighted by molar-refractivity contribution is 5.31. The van der Waals surface area contributed by atoms with Gasteiger partial charge in [0.05, 0.1) is 0 Å². The van der Waals surface area contributed by atoms with Gasteiger partial charge >= 0.3 is 0 Å². The van der Waals surface area contributed by atoms with Gasteiger partial charge < -0.3 is 0 Å². The Balaban J connectivity index is 2.20. The van der Waals surface area contributed by atoms with Crippen LogP contribution in [0.2, 0.25) is 0 Å². The molecule has 2 rings (SSSR count). The van der Waals surface area contributed by atoms with E-state index in [1.807, 2.05) is 0 Å². The van der Waals surface area contributed by atoms with Crippen LogP contribution in [0.15, 0.2) is 18.2 Å². The van der Waals surface area contributed by atoms with E-state index >= 15 is 0 Å². The summed E-state index contributed by atoms with van der Waals surface area (Å²) in [4.78, 5) is 0. The number of hydrogen-bond donors (Lipinski definition) is 2. The first-order valence-corrected chi connectivity index (χ1v) is 7.25. The van der Waals surface area contributed by atoms with Crippen molar-refractivity contribution in [1.82, 2.24) is 5.43 Å². The van der Waals surface area contributed by atoms with Crippen LogP contribution in [0.5, 0.6) is 0 Å². The topological polar surface area (TPSA) is 38.0 Å². The second-order valence-corrected chi connectivity index (χ2v) is 5.82. The quantitative estimate of drug-likeness (QED) is 0.484. The van der Waals surface area contributed by atoms with Gasteiger partial charge in [-0.25, -0.2) is 0 Å². The van der Waals surface area contributed by atoms with E-state index < -0.39 is 0 Å². The Morgan fingerprint density at radius 2 is 1.56 bits per heavy atom. The molecule has 0 bridgehead atoms. The first kappa shape index (κ1) is 13.6. The molecule has 1 atom stereocenters. The van der Waals surface area contributed by atoms with E-state index in [1.54, 1.807) is 0 Å². The molecule has 1 aromatic carbocycles. The van der Waals surface area contributed by atoms with Crippen LogP contribution in [0.25, 0.3) is 0 Å². The number of hydrazine groups is 1. The maximum Gasteiger partial charge on any atom is 0.0488 e. The van der Waals surface area contributed by atoms with Crippen LogP contribution in [0, 0.1) is 19.8 Å². The zero-order chi connectivity index (χ0) is 13.0. The summed E-state index contributed by atoms with van der Waals surface area (Å²) >= 11 is 0. The SMILES string of the molecule is Cc1cc(C)cc(C(NN)C2CCCCCC2)c1. The summed E-state index contributed by atoms with van der Waals surface area (Å²) in [5.74, 6) is 6.53. The van der Waals surface area contributed by atoms with Gasteiger partial charge in [0.1, 0.15) is 0 Å². The summed E-state index contributed by atoms with van der Waals surface area (Å²) in [5.41, 5.74) is 7.10. The Hall–Kier alpha value is -0.860. The molecule has 1 aromatic rings. The standard InChI is InChI=1S/C16H26N2/c1-12-9-13(2)11-15(10-12)16(18-17)14-7-5-3-4-6-8-14/h9-11,14,16,18H,3-8,17H2,1-2H3. The van der Waals surface area contributed by atoms with E-state index in [2.05, 4.69) is 37.5 Å². The van der Waals surface area contributed by atoms with Gasteiger partial charge in [0, 0.05) is 6.04 Å². The Bertz CT molecular complexity index is 358. The summed E-state index contributed by atoms with van der Waals surface area (Å²) in [6, 6.07) is 7.11. The molecular formula is C16H26N2. The van der Waals surface area contributed by atoms with E-state index in [4.69, 9.17) is 5.84 Å². The van der Waals surface area contributed by atoms with Crippen molar-refractivity contribution in [2.45, 2.75) is 58.4 Å². The van der Waals surface area contributed by atoms with Crippen molar-refractivity contribution in [2.24, 2.45) is 11.8 Å². The summed E-state index contributed by atoms with van der Waals surface area (Å²) in [7, 11) is 0. The third kappa shape index (κ3) is 3.33. The smallest absolute Gasteiger partial charge is 0.0488 e. The monoisotopic (exact) mass is 246 g/mol. The van der Waals surface area contributed by atoms with Crippen molar-refractivity contribution >= 4 is 0 Å². The predicted molar refractivity (Wildman–Crippen MR) is 77.2 cm³/mol. The van der Waals surface area contributed by atoms with Crippen molar-refractivity contribution in [3.05, 3.63) is 34.9 Å². The lowest BCUT2D eigenvalue weighted by Gasteiger charge is -2.26. The van der Waals surface area contributed by atoms with Crippen molar-refractivity contribution in [1.29, 1.82) is 0 Å². The van der Waals surface area contributed by atoms with E-state index in [-0.39, 0.29) is 0 Å². The molecule has 1 fully saturated rings. The minimum Gasteiger partial charge on any atom is -0.271 e. The summed E-state index contributed by atoms with van der Waals surface area (Å²) < 4.78 is 0. The molecule has 2 nitrogen and oxygen atoms in total. The molecule has 1 aliphatic rings. The fourth-order valence-electron chi connectivity index (χ4n) is 3.34. The maximum absolute atomic E-state index is 5.84. The van der Waals surface area contributed by atoms with Crippen LogP contribution in [0.1, 0.15) is 61.3 Å². The summed E-state index contributed by atoms with van der Waals surface area (Å²) in [6.07, 6.45) is 8.10. The van der Waals surface area contributed by atoms with Gasteiger partial charge in [-0.05, 0) is 38.2 Å². The van der Waals surface area contributed by atoms with Gasteiger partial charge in [0.25, 0.3) is 0 Å². The highest BCUT2D eigenvalue weighted by Gasteiger charge is 2.23. The summed E-state index contributed by atoms with van der Waals surface area (Å²) in [6.45, 7) is 4.33. The normalized spacial score (nSPS) is 19.5. The lowest BCUT2D eigenvalue weighted by Crippen LogP contribution is -2.33. The third-order valence-electron chi connectivity index (χ3n) is 4.15. The highest BCUT2D eigenvalue weighted by Crippen LogP contribution is 2.33. The van der Waals surface area contributed by atoms with Crippen molar-refractivity contribution in [3.8, 4) is 0 Å². The number of aryl methyl sites for hydroxylation is 2. The number of nitrogens with one attached hydrogen (secondary N) is 1. The van der Waals surface area contributed by atoms with Gasteiger partial charge in [0.2, 0.25) is 0 Å². The molecule has 0 spiro atoms. The van der Waals surface area contributed by atoms with Crippen molar-refractivity contribution in [3.63, 3.8) is 0 Å². The molecule has 1 unspecified atom stereocenters. The summed E-state index contributed by atoms with van der Waals surface area (Å²) in [5, 5.41) is 0. The first-order chi connectivity index (χ1) is 8.70. The molecule has 3 N–H and O–H groups in total. The minimum atomic E-state index is 0.321. The molecule has 0 aromatic heterocycles. The van der Waals surface area contributed by atoms with Gasteiger partial charge in [0.15, 0.2) is 0 Å². The van der Waals surface area contributed by atoms with Gasteiger partial charge in [-0.2, -0.15) is 0 Å².